The second-order valence-corrected chi connectivity index (χ2v) is 4.01. The van der Waals surface area contributed by atoms with Crippen molar-refractivity contribution >= 4 is 17.0 Å². The van der Waals surface area contributed by atoms with Crippen molar-refractivity contribution < 1.29 is 9.90 Å². The molecule has 0 saturated heterocycles. The van der Waals surface area contributed by atoms with Gasteiger partial charge in [-0.15, -0.1) is 0 Å². The van der Waals surface area contributed by atoms with Crippen molar-refractivity contribution in [3.63, 3.8) is 0 Å². The molecule has 0 amide bonds. The number of H-pyrrole nitrogens is 1. The molecule has 3 rings (SSSR count). The third-order valence-corrected chi connectivity index (χ3v) is 2.85. The number of aromatic amines is 1. The number of aromatic nitrogens is 3. The predicted octanol–water partition coefficient (Wildman–Crippen LogP) is 1.41. The van der Waals surface area contributed by atoms with Crippen LogP contribution in [-0.2, 0) is 0 Å². The van der Waals surface area contributed by atoms with Gasteiger partial charge >= 0.3 is 11.7 Å². The van der Waals surface area contributed by atoms with E-state index in [0.717, 1.165) is 0 Å². The molecule has 2 aromatic heterocycles. The summed E-state index contributed by atoms with van der Waals surface area (Å²) in [6.45, 7) is 0. The van der Waals surface area contributed by atoms with Crippen LogP contribution in [0.2, 0.25) is 0 Å². The van der Waals surface area contributed by atoms with Crippen LogP contribution >= 0.6 is 0 Å². The van der Waals surface area contributed by atoms with E-state index >= 15 is 0 Å². The first-order chi connectivity index (χ1) is 9.16. The van der Waals surface area contributed by atoms with Crippen LogP contribution in [0.4, 0.5) is 0 Å². The van der Waals surface area contributed by atoms with Gasteiger partial charge in [-0.05, 0) is 30.3 Å². The van der Waals surface area contributed by atoms with Crippen LogP contribution in [0.1, 0.15) is 10.4 Å². The summed E-state index contributed by atoms with van der Waals surface area (Å²) in [7, 11) is 0. The van der Waals surface area contributed by atoms with Crippen LogP contribution in [0.25, 0.3) is 16.7 Å². The van der Waals surface area contributed by atoms with Gasteiger partial charge in [0.1, 0.15) is 0 Å². The molecule has 2 heterocycles. The minimum atomic E-state index is -1.03. The number of pyridine rings is 1. The summed E-state index contributed by atoms with van der Waals surface area (Å²) < 4.78 is 1.42. The number of aromatic carboxylic acids is 1. The molecule has 0 unspecified atom stereocenters. The Morgan fingerprint density at radius 3 is 2.63 bits per heavy atom. The number of carbonyl (C=O) groups is 1. The number of carboxylic acids is 1. The Morgan fingerprint density at radius 2 is 1.95 bits per heavy atom. The molecule has 1 aromatic carbocycles. The van der Waals surface area contributed by atoms with Crippen LogP contribution < -0.4 is 5.69 Å². The van der Waals surface area contributed by atoms with Gasteiger partial charge in [-0.25, -0.2) is 9.59 Å². The molecule has 6 heteroatoms. The van der Waals surface area contributed by atoms with Gasteiger partial charge in [-0.3, -0.25) is 9.55 Å². The lowest BCUT2D eigenvalue weighted by molar-refractivity contribution is 0.0697. The first kappa shape index (κ1) is 11.2. The molecule has 0 atom stereocenters. The first-order valence-electron chi connectivity index (χ1n) is 5.55. The lowest BCUT2D eigenvalue weighted by atomic mass is 10.2. The standard InChI is InChI=1S/C13H9N3O3/c17-12(18)8-1-2-10-11(7-8)16(13(19)15-10)9-3-5-14-6-4-9/h1-7H,(H,15,19)(H,17,18). The number of fused-ring (bicyclic) bond motifs is 1. The van der Waals surface area contributed by atoms with Gasteiger partial charge in [0.2, 0.25) is 0 Å². The summed E-state index contributed by atoms with van der Waals surface area (Å²) >= 11 is 0. The van der Waals surface area contributed by atoms with Crippen molar-refractivity contribution in [2.75, 3.05) is 0 Å². The summed E-state index contributed by atoms with van der Waals surface area (Å²) in [6.07, 6.45) is 3.14. The van der Waals surface area contributed by atoms with Gasteiger partial charge < -0.3 is 10.1 Å². The normalized spacial score (nSPS) is 10.7. The highest BCUT2D eigenvalue weighted by atomic mass is 16.4. The molecule has 94 valence electrons. The SMILES string of the molecule is O=C(O)c1ccc2[nH]c(=O)n(-c3ccncc3)c2c1. The number of hydrogen-bond donors (Lipinski definition) is 2. The van der Waals surface area contributed by atoms with Crippen molar-refractivity contribution in [2.24, 2.45) is 0 Å². The van der Waals surface area contributed by atoms with E-state index in [1.807, 2.05) is 0 Å². The highest BCUT2D eigenvalue weighted by Crippen LogP contribution is 2.16. The zero-order valence-corrected chi connectivity index (χ0v) is 9.70. The molecule has 0 fully saturated rings. The van der Waals surface area contributed by atoms with Crippen LogP contribution in [0.5, 0.6) is 0 Å². The van der Waals surface area contributed by atoms with E-state index in [1.165, 1.54) is 16.7 Å². The predicted molar refractivity (Wildman–Crippen MR) is 68.7 cm³/mol. The number of nitrogens with zero attached hydrogens (tertiary/aromatic N) is 2. The molecule has 0 aliphatic rings. The summed E-state index contributed by atoms with van der Waals surface area (Å²) in [5, 5.41) is 9.00. The number of hydrogen-bond acceptors (Lipinski definition) is 3. The number of rotatable bonds is 2. The van der Waals surface area contributed by atoms with Crippen molar-refractivity contribution in [1.82, 2.24) is 14.5 Å². The lowest BCUT2D eigenvalue weighted by Crippen LogP contribution is -2.14. The number of benzene rings is 1. The maximum Gasteiger partial charge on any atom is 0.335 e. The summed E-state index contributed by atoms with van der Waals surface area (Å²) in [5.74, 6) is -1.03. The highest BCUT2D eigenvalue weighted by molar-refractivity contribution is 5.92. The molecule has 0 aliphatic heterocycles. The third kappa shape index (κ3) is 1.79. The van der Waals surface area contributed by atoms with E-state index in [-0.39, 0.29) is 11.3 Å². The molecular weight excluding hydrogens is 246 g/mol. The Hall–Kier alpha value is -2.89. The number of nitrogens with one attached hydrogen (secondary N) is 1. The molecular formula is C13H9N3O3. The topological polar surface area (TPSA) is 88.0 Å². The monoisotopic (exact) mass is 255 g/mol. The van der Waals surface area contributed by atoms with E-state index in [4.69, 9.17) is 5.11 Å². The Kier molecular flexibility index (Phi) is 2.42. The Labute approximate surface area is 107 Å². The van der Waals surface area contributed by atoms with Gasteiger partial charge in [0.05, 0.1) is 22.3 Å². The largest absolute Gasteiger partial charge is 0.478 e. The Bertz CT molecular complexity index is 818. The maximum absolute atomic E-state index is 12.0. The summed E-state index contributed by atoms with van der Waals surface area (Å²) in [5.41, 5.74) is 1.56. The molecule has 19 heavy (non-hydrogen) atoms. The number of imidazole rings is 1. The Morgan fingerprint density at radius 1 is 1.21 bits per heavy atom. The van der Waals surface area contributed by atoms with Gasteiger partial charge in [0.25, 0.3) is 0 Å². The third-order valence-electron chi connectivity index (χ3n) is 2.85. The zero-order chi connectivity index (χ0) is 13.4. The van der Waals surface area contributed by atoms with E-state index in [9.17, 15) is 9.59 Å². The van der Waals surface area contributed by atoms with Gasteiger partial charge in [0, 0.05) is 12.4 Å². The average molecular weight is 255 g/mol. The fraction of sp³-hybridized carbons (Fsp3) is 0. The van der Waals surface area contributed by atoms with Crippen LogP contribution in [0.15, 0.2) is 47.5 Å². The van der Waals surface area contributed by atoms with Crippen molar-refractivity contribution in [1.29, 1.82) is 0 Å². The Balaban J connectivity index is 2.35. The van der Waals surface area contributed by atoms with Crippen LogP contribution in [0.3, 0.4) is 0 Å². The smallest absolute Gasteiger partial charge is 0.335 e. The molecule has 2 N–H and O–H groups in total. The minimum absolute atomic E-state index is 0.134. The summed E-state index contributed by atoms with van der Waals surface area (Å²) in [4.78, 5) is 29.5. The molecule has 6 nitrogen and oxygen atoms in total. The fourth-order valence-electron chi connectivity index (χ4n) is 1.99. The molecule has 0 radical (unpaired) electrons. The second-order valence-electron chi connectivity index (χ2n) is 4.01. The first-order valence-corrected chi connectivity index (χ1v) is 5.55. The van der Waals surface area contributed by atoms with Crippen molar-refractivity contribution in [2.45, 2.75) is 0 Å². The zero-order valence-electron chi connectivity index (χ0n) is 9.70. The van der Waals surface area contributed by atoms with Gasteiger partial charge in [0.15, 0.2) is 0 Å². The quantitative estimate of drug-likeness (QED) is 0.724. The molecule has 0 spiro atoms. The van der Waals surface area contributed by atoms with E-state index < -0.39 is 5.97 Å². The number of carboxylic acid groups (broad SMARTS) is 1. The summed E-state index contributed by atoms with van der Waals surface area (Å²) in [6, 6.07) is 7.87. The maximum atomic E-state index is 12.0. The second kappa shape index (κ2) is 4.09. The minimum Gasteiger partial charge on any atom is -0.478 e. The molecule has 3 aromatic rings. The van der Waals surface area contributed by atoms with Crippen molar-refractivity contribution in [3.05, 3.63) is 58.8 Å². The highest BCUT2D eigenvalue weighted by Gasteiger charge is 2.11. The molecule has 0 saturated carbocycles. The van der Waals surface area contributed by atoms with Crippen LogP contribution in [0, 0.1) is 0 Å². The van der Waals surface area contributed by atoms with E-state index in [2.05, 4.69) is 9.97 Å². The molecule has 0 bridgehead atoms. The van der Waals surface area contributed by atoms with Gasteiger partial charge in [-0.2, -0.15) is 0 Å². The molecule has 0 aliphatic carbocycles. The van der Waals surface area contributed by atoms with Crippen molar-refractivity contribution in [3.8, 4) is 5.69 Å². The van der Waals surface area contributed by atoms with Crippen LogP contribution in [-0.4, -0.2) is 25.6 Å². The average Bonchev–Trinajstić information content (AvgIpc) is 2.74. The fourth-order valence-corrected chi connectivity index (χ4v) is 1.99. The van der Waals surface area contributed by atoms with E-state index in [1.54, 1.807) is 30.6 Å². The lowest BCUT2D eigenvalue weighted by Gasteiger charge is -2.02. The van der Waals surface area contributed by atoms with Gasteiger partial charge in [-0.1, -0.05) is 0 Å². The van der Waals surface area contributed by atoms with E-state index in [0.29, 0.717) is 16.7 Å².